The minimum atomic E-state index is -0.306. The summed E-state index contributed by atoms with van der Waals surface area (Å²) in [6.07, 6.45) is 2.24. The fourth-order valence-corrected chi connectivity index (χ4v) is 3.75. The average Bonchev–Trinajstić information content (AvgIpc) is 3.30. The Kier molecular flexibility index (Phi) is 7.60. The van der Waals surface area contributed by atoms with Crippen molar-refractivity contribution in [3.05, 3.63) is 96.3 Å². The Bertz CT molecular complexity index is 1200. The second-order valence-corrected chi connectivity index (χ2v) is 8.29. The molecule has 2 amide bonds. The molecule has 0 saturated heterocycles. The number of unbranched alkanes of at least 4 members (excludes halogenated alkanes) is 1. The molecule has 0 aliphatic carbocycles. The smallest absolute Gasteiger partial charge is 0.291 e. The molecule has 0 fully saturated rings. The lowest BCUT2D eigenvalue weighted by Gasteiger charge is -2.19. The van der Waals surface area contributed by atoms with Gasteiger partial charge in [0.05, 0.1) is 6.42 Å². The van der Waals surface area contributed by atoms with E-state index in [2.05, 4.69) is 34.7 Å². The topological polar surface area (TPSA) is 74.6 Å². The van der Waals surface area contributed by atoms with Crippen molar-refractivity contribution in [1.29, 1.82) is 0 Å². The van der Waals surface area contributed by atoms with Crippen molar-refractivity contribution in [2.75, 3.05) is 30.4 Å². The van der Waals surface area contributed by atoms with Gasteiger partial charge in [0.2, 0.25) is 5.91 Å². The minimum Gasteiger partial charge on any atom is -0.451 e. The molecule has 3 aromatic carbocycles. The summed E-state index contributed by atoms with van der Waals surface area (Å²) in [5.41, 5.74) is 3.42. The van der Waals surface area contributed by atoms with E-state index < -0.39 is 0 Å². The fraction of sp³-hybridized carbons (Fsp3) is 0.214. The van der Waals surface area contributed by atoms with Gasteiger partial charge in [-0.05, 0) is 54.8 Å². The van der Waals surface area contributed by atoms with Crippen LogP contribution in [-0.4, -0.2) is 32.0 Å². The predicted molar refractivity (Wildman–Crippen MR) is 136 cm³/mol. The number of nitrogens with one attached hydrogen (secondary N) is 2. The van der Waals surface area contributed by atoms with Crippen molar-refractivity contribution < 1.29 is 14.0 Å². The summed E-state index contributed by atoms with van der Waals surface area (Å²) in [6.45, 7) is 1.61. The molecule has 4 rings (SSSR count). The molecule has 0 aliphatic heterocycles. The van der Waals surface area contributed by atoms with Crippen LogP contribution in [0.2, 0.25) is 0 Å². The number of carbonyl (C=O) groups excluding carboxylic acids is 2. The van der Waals surface area contributed by atoms with Crippen molar-refractivity contribution in [2.24, 2.45) is 0 Å². The van der Waals surface area contributed by atoms with Crippen LogP contribution in [0.1, 0.15) is 29.0 Å². The lowest BCUT2D eigenvalue weighted by molar-refractivity contribution is -0.120. The number of para-hydroxylation sites is 2. The molecule has 0 aliphatic rings. The Hall–Kier alpha value is -4.06. The van der Waals surface area contributed by atoms with Crippen LogP contribution in [0.25, 0.3) is 11.0 Å². The summed E-state index contributed by atoms with van der Waals surface area (Å²) in [5.74, 6) is -0.0466. The first-order valence-electron chi connectivity index (χ1n) is 11.5. The number of anilines is 2. The van der Waals surface area contributed by atoms with Crippen molar-refractivity contribution in [2.45, 2.75) is 19.3 Å². The van der Waals surface area contributed by atoms with Crippen LogP contribution in [-0.2, 0) is 11.2 Å². The third-order valence-electron chi connectivity index (χ3n) is 5.67. The van der Waals surface area contributed by atoms with E-state index in [-0.39, 0.29) is 17.6 Å². The van der Waals surface area contributed by atoms with E-state index >= 15 is 0 Å². The van der Waals surface area contributed by atoms with Crippen LogP contribution >= 0.6 is 0 Å². The predicted octanol–water partition coefficient (Wildman–Crippen LogP) is 5.26. The van der Waals surface area contributed by atoms with Crippen molar-refractivity contribution in [1.82, 2.24) is 5.32 Å². The second kappa shape index (κ2) is 11.2. The summed E-state index contributed by atoms with van der Waals surface area (Å²) in [7, 11) is 2.08. The molecule has 6 heteroatoms. The first-order valence-corrected chi connectivity index (χ1v) is 11.5. The van der Waals surface area contributed by atoms with E-state index in [1.54, 1.807) is 18.2 Å². The summed E-state index contributed by atoms with van der Waals surface area (Å²) >= 11 is 0. The van der Waals surface area contributed by atoms with Gasteiger partial charge in [-0.15, -0.1) is 0 Å². The zero-order chi connectivity index (χ0) is 23.8. The number of nitrogens with zero attached hydrogens (tertiary/aromatic N) is 1. The maximum atomic E-state index is 12.5. The molecule has 1 heterocycles. The van der Waals surface area contributed by atoms with Gasteiger partial charge in [0.15, 0.2) is 5.76 Å². The molecule has 0 radical (unpaired) electrons. The Morgan fingerprint density at radius 3 is 2.38 bits per heavy atom. The second-order valence-electron chi connectivity index (χ2n) is 8.29. The summed E-state index contributed by atoms with van der Waals surface area (Å²) < 4.78 is 5.60. The Balaban J connectivity index is 1.17. The molecule has 0 saturated carbocycles. The average molecular weight is 456 g/mol. The fourth-order valence-electron chi connectivity index (χ4n) is 3.75. The van der Waals surface area contributed by atoms with Gasteiger partial charge in [-0.2, -0.15) is 0 Å². The van der Waals surface area contributed by atoms with Crippen molar-refractivity contribution >= 4 is 34.2 Å². The van der Waals surface area contributed by atoms with E-state index in [1.165, 1.54) is 5.69 Å². The summed E-state index contributed by atoms with van der Waals surface area (Å²) in [5, 5.41) is 6.70. The molecule has 2 N–H and O–H groups in total. The van der Waals surface area contributed by atoms with Gasteiger partial charge in [0.25, 0.3) is 5.91 Å². The first kappa shape index (κ1) is 23.1. The van der Waals surface area contributed by atoms with Gasteiger partial charge in [0.1, 0.15) is 5.58 Å². The maximum absolute atomic E-state index is 12.5. The largest absolute Gasteiger partial charge is 0.451 e. The number of carbonyl (C=O) groups is 2. The number of hydrogen-bond donors (Lipinski definition) is 2. The molecule has 34 heavy (non-hydrogen) atoms. The number of amides is 2. The van der Waals surface area contributed by atoms with E-state index in [0.29, 0.717) is 24.2 Å². The molecule has 6 nitrogen and oxygen atoms in total. The van der Waals surface area contributed by atoms with Crippen LogP contribution in [0.4, 0.5) is 11.4 Å². The van der Waals surface area contributed by atoms with Crippen LogP contribution < -0.4 is 15.5 Å². The Morgan fingerprint density at radius 1 is 0.882 bits per heavy atom. The lowest BCUT2D eigenvalue weighted by Crippen LogP contribution is -2.27. The summed E-state index contributed by atoms with van der Waals surface area (Å²) in [6, 6.07) is 26.8. The van der Waals surface area contributed by atoms with Gasteiger partial charge in [0, 0.05) is 36.9 Å². The molecule has 0 spiro atoms. The van der Waals surface area contributed by atoms with Crippen molar-refractivity contribution in [3.8, 4) is 0 Å². The van der Waals surface area contributed by atoms with Crippen LogP contribution in [0, 0.1) is 0 Å². The molecule has 0 bridgehead atoms. The van der Waals surface area contributed by atoms with Crippen LogP contribution in [0.3, 0.4) is 0 Å². The van der Waals surface area contributed by atoms with E-state index in [0.717, 1.165) is 30.3 Å². The molecule has 0 atom stereocenters. The SMILES string of the molecule is CN(CCCCNC(=O)Cc1ccc(NC(=O)c2cc3ccccc3o2)cc1)c1ccccc1. The van der Waals surface area contributed by atoms with Crippen LogP contribution in [0.15, 0.2) is 89.3 Å². The zero-order valence-electron chi connectivity index (χ0n) is 19.3. The minimum absolute atomic E-state index is 0.00419. The molecule has 174 valence electrons. The van der Waals surface area contributed by atoms with Gasteiger partial charge in [-0.3, -0.25) is 9.59 Å². The van der Waals surface area contributed by atoms with Gasteiger partial charge < -0.3 is 20.0 Å². The van der Waals surface area contributed by atoms with E-state index in [1.807, 2.05) is 54.6 Å². The highest BCUT2D eigenvalue weighted by molar-refractivity contribution is 6.04. The van der Waals surface area contributed by atoms with E-state index in [9.17, 15) is 9.59 Å². The zero-order valence-corrected chi connectivity index (χ0v) is 19.3. The normalized spacial score (nSPS) is 10.7. The standard InChI is InChI=1S/C28H29N3O3/c1-31(24-10-3-2-4-11-24)18-8-7-17-29-27(32)19-21-13-15-23(16-14-21)30-28(33)26-20-22-9-5-6-12-25(22)34-26/h2-6,9-16,20H,7-8,17-19H2,1H3,(H,29,32)(H,30,33). The van der Waals surface area contributed by atoms with Gasteiger partial charge >= 0.3 is 0 Å². The van der Waals surface area contributed by atoms with Gasteiger partial charge in [-0.25, -0.2) is 0 Å². The highest BCUT2D eigenvalue weighted by atomic mass is 16.3. The number of hydrogen-bond acceptors (Lipinski definition) is 4. The molecule has 1 aromatic heterocycles. The molecule has 4 aromatic rings. The highest BCUT2D eigenvalue weighted by Gasteiger charge is 2.12. The number of rotatable bonds is 10. The quantitative estimate of drug-likeness (QED) is 0.320. The molecular formula is C28H29N3O3. The summed E-state index contributed by atoms with van der Waals surface area (Å²) in [4.78, 5) is 26.9. The Morgan fingerprint density at radius 2 is 1.62 bits per heavy atom. The highest BCUT2D eigenvalue weighted by Crippen LogP contribution is 2.20. The molecular weight excluding hydrogens is 426 g/mol. The third-order valence-corrected chi connectivity index (χ3v) is 5.67. The Labute approximate surface area is 199 Å². The molecule has 0 unspecified atom stereocenters. The van der Waals surface area contributed by atoms with E-state index in [4.69, 9.17) is 4.42 Å². The number of benzene rings is 3. The number of furan rings is 1. The maximum Gasteiger partial charge on any atom is 0.291 e. The first-order chi connectivity index (χ1) is 16.6. The van der Waals surface area contributed by atoms with Crippen molar-refractivity contribution in [3.63, 3.8) is 0 Å². The third kappa shape index (κ3) is 6.25. The van der Waals surface area contributed by atoms with Gasteiger partial charge in [-0.1, -0.05) is 48.5 Å². The monoisotopic (exact) mass is 455 g/mol. The lowest BCUT2D eigenvalue weighted by atomic mass is 10.1. The number of fused-ring (bicyclic) bond motifs is 1. The van der Waals surface area contributed by atoms with Crippen LogP contribution in [0.5, 0.6) is 0 Å².